The van der Waals surface area contributed by atoms with Crippen LogP contribution in [0.1, 0.15) is 44.4 Å². The van der Waals surface area contributed by atoms with Gasteiger partial charge in [0.1, 0.15) is 0 Å². The molecule has 0 radical (unpaired) electrons. The Labute approximate surface area is 163 Å². The third kappa shape index (κ3) is 5.99. The van der Waals surface area contributed by atoms with Gasteiger partial charge in [-0.1, -0.05) is 79.2 Å². The van der Waals surface area contributed by atoms with E-state index in [9.17, 15) is 9.59 Å². The van der Waals surface area contributed by atoms with E-state index < -0.39 is 5.41 Å². The minimum atomic E-state index is -0.458. The second-order valence-electron chi connectivity index (χ2n) is 7.22. The van der Waals surface area contributed by atoms with E-state index in [2.05, 4.69) is 26.6 Å². The predicted molar refractivity (Wildman–Crippen MR) is 108 cm³/mol. The van der Waals surface area contributed by atoms with Crippen molar-refractivity contribution < 1.29 is 9.59 Å². The zero-order chi connectivity index (χ0) is 19.2. The summed E-state index contributed by atoms with van der Waals surface area (Å²) in [6.45, 7) is 5.87. The van der Waals surface area contributed by atoms with Gasteiger partial charge in [-0.25, -0.2) is 0 Å². The first-order valence-electron chi connectivity index (χ1n) is 8.65. The number of rotatable bonds is 6. The summed E-state index contributed by atoms with van der Waals surface area (Å²) in [5, 5.41) is 5.88. The van der Waals surface area contributed by atoms with Crippen molar-refractivity contribution in [3.8, 4) is 0 Å². The molecule has 0 aliphatic rings. The summed E-state index contributed by atoms with van der Waals surface area (Å²) in [6.07, 6.45) is 0.238. The van der Waals surface area contributed by atoms with Crippen molar-refractivity contribution in [3.63, 3.8) is 0 Å². The van der Waals surface area contributed by atoms with Crippen LogP contribution in [0.15, 0.2) is 59.1 Å². The van der Waals surface area contributed by atoms with Crippen LogP contribution in [-0.2, 0) is 9.59 Å². The van der Waals surface area contributed by atoms with Gasteiger partial charge in [0.05, 0.1) is 6.04 Å². The smallest absolute Gasteiger partial charge is 0.225 e. The van der Waals surface area contributed by atoms with Crippen LogP contribution in [0.4, 0.5) is 0 Å². The molecule has 0 fully saturated rings. The minimum Gasteiger partial charge on any atom is -0.355 e. The van der Waals surface area contributed by atoms with Crippen molar-refractivity contribution in [2.75, 3.05) is 6.54 Å². The van der Waals surface area contributed by atoms with Gasteiger partial charge in [0.25, 0.3) is 0 Å². The molecule has 4 nitrogen and oxygen atoms in total. The zero-order valence-corrected chi connectivity index (χ0v) is 17.0. The lowest BCUT2D eigenvalue weighted by Gasteiger charge is -2.21. The Morgan fingerprint density at radius 3 is 2.12 bits per heavy atom. The van der Waals surface area contributed by atoms with Crippen LogP contribution in [0.25, 0.3) is 0 Å². The molecule has 26 heavy (non-hydrogen) atoms. The van der Waals surface area contributed by atoms with E-state index in [0.717, 1.165) is 15.6 Å². The zero-order valence-electron chi connectivity index (χ0n) is 15.4. The molecule has 0 saturated carbocycles. The lowest BCUT2D eigenvalue weighted by atomic mass is 9.96. The maximum atomic E-state index is 12.4. The molecule has 2 aromatic rings. The fraction of sp³-hybridized carbons (Fsp3) is 0.333. The van der Waals surface area contributed by atoms with Crippen LogP contribution in [0.2, 0.25) is 0 Å². The first kappa shape index (κ1) is 20.2. The van der Waals surface area contributed by atoms with Crippen LogP contribution < -0.4 is 10.6 Å². The lowest BCUT2D eigenvalue weighted by molar-refractivity contribution is -0.128. The molecular formula is C21H25BrN2O2. The Bertz CT molecular complexity index is 737. The van der Waals surface area contributed by atoms with Crippen molar-refractivity contribution in [2.45, 2.75) is 33.2 Å². The average Bonchev–Trinajstić information content (AvgIpc) is 2.60. The first-order valence-corrected chi connectivity index (χ1v) is 9.45. The van der Waals surface area contributed by atoms with Gasteiger partial charge in [0, 0.05) is 22.9 Å². The molecule has 0 spiro atoms. The Morgan fingerprint density at radius 1 is 0.962 bits per heavy atom. The number of benzene rings is 2. The van der Waals surface area contributed by atoms with E-state index in [1.807, 2.05) is 75.4 Å². The van der Waals surface area contributed by atoms with Gasteiger partial charge in [-0.2, -0.15) is 0 Å². The van der Waals surface area contributed by atoms with Crippen LogP contribution in [0.5, 0.6) is 0 Å². The molecule has 1 unspecified atom stereocenters. The maximum Gasteiger partial charge on any atom is 0.225 e. The number of hydrogen-bond acceptors (Lipinski definition) is 2. The summed E-state index contributed by atoms with van der Waals surface area (Å²) in [4.78, 5) is 24.3. The summed E-state index contributed by atoms with van der Waals surface area (Å²) < 4.78 is 0.990. The van der Waals surface area contributed by atoms with Crippen molar-refractivity contribution in [1.29, 1.82) is 0 Å². The number of amides is 2. The second-order valence-corrected chi connectivity index (χ2v) is 8.13. The van der Waals surface area contributed by atoms with Gasteiger partial charge >= 0.3 is 0 Å². The lowest BCUT2D eigenvalue weighted by Crippen LogP contribution is -2.38. The molecule has 0 aromatic heterocycles. The van der Waals surface area contributed by atoms with E-state index in [0.29, 0.717) is 6.54 Å². The largest absolute Gasteiger partial charge is 0.355 e. The highest BCUT2D eigenvalue weighted by atomic mass is 79.9. The van der Waals surface area contributed by atoms with Gasteiger partial charge in [0.2, 0.25) is 11.8 Å². The molecule has 2 rings (SSSR count). The topological polar surface area (TPSA) is 58.2 Å². The summed E-state index contributed by atoms with van der Waals surface area (Å²) in [7, 11) is 0. The van der Waals surface area contributed by atoms with E-state index >= 15 is 0 Å². The fourth-order valence-electron chi connectivity index (χ4n) is 2.45. The number of hydrogen-bond donors (Lipinski definition) is 2. The van der Waals surface area contributed by atoms with Crippen LogP contribution in [0.3, 0.4) is 0 Å². The van der Waals surface area contributed by atoms with Gasteiger partial charge in [-0.05, 0) is 23.3 Å². The highest BCUT2D eigenvalue weighted by molar-refractivity contribution is 9.10. The van der Waals surface area contributed by atoms with E-state index in [4.69, 9.17) is 0 Å². The molecule has 0 heterocycles. The Hall–Kier alpha value is -2.14. The SMILES string of the molecule is CC(C)(C)C(=O)NCCC(=O)NC(c1ccccc1)c1ccc(Br)cc1. The van der Waals surface area contributed by atoms with Gasteiger partial charge < -0.3 is 10.6 Å². The fourth-order valence-corrected chi connectivity index (χ4v) is 2.71. The van der Waals surface area contributed by atoms with Crippen LogP contribution >= 0.6 is 15.9 Å². The molecular weight excluding hydrogens is 392 g/mol. The van der Waals surface area contributed by atoms with E-state index in [-0.39, 0.29) is 24.3 Å². The van der Waals surface area contributed by atoms with Gasteiger partial charge in [0.15, 0.2) is 0 Å². The Morgan fingerprint density at radius 2 is 1.54 bits per heavy atom. The van der Waals surface area contributed by atoms with Crippen molar-refractivity contribution >= 4 is 27.7 Å². The number of halogens is 1. The van der Waals surface area contributed by atoms with Gasteiger partial charge in [-0.3, -0.25) is 9.59 Å². The van der Waals surface area contributed by atoms with Crippen LogP contribution in [-0.4, -0.2) is 18.4 Å². The van der Waals surface area contributed by atoms with Crippen LogP contribution in [0, 0.1) is 5.41 Å². The summed E-state index contributed by atoms with van der Waals surface area (Å²) in [5.74, 6) is -0.159. The number of nitrogens with one attached hydrogen (secondary N) is 2. The van der Waals surface area contributed by atoms with Crippen molar-refractivity contribution in [2.24, 2.45) is 5.41 Å². The Balaban J connectivity index is 2.04. The molecule has 138 valence electrons. The van der Waals surface area contributed by atoms with Crippen molar-refractivity contribution in [3.05, 3.63) is 70.2 Å². The molecule has 2 aromatic carbocycles. The summed E-state index contributed by atoms with van der Waals surface area (Å²) in [6, 6.07) is 17.5. The normalized spacial score (nSPS) is 12.3. The van der Waals surface area contributed by atoms with E-state index in [1.54, 1.807) is 0 Å². The number of carbonyl (C=O) groups excluding carboxylic acids is 2. The first-order chi connectivity index (χ1) is 12.3. The maximum absolute atomic E-state index is 12.4. The monoisotopic (exact) mass is 416 g/mol. The third-order valence-corrected chi connectivity index (χ3v) is 4.49. The molecule has 2 N–H and O–H groups in total. The molecule has 2 amide bonds. The molecule has 1 atom stereocenters. The molecule has 0 bridgehead atoms. The summed E-state index contributed by atoms with van der Waals surface area (Å²) >= 11 is 3.44. The predicted octanol–water partition coefficient (Wildman–Crippen LogP) is 4.21. The third-order valence-electron chi connectivity index (χ3n) is 3.96. The minimum absolute atomic E-state index is 0.0576. The molecule has 0 saturated heterocycles. The molecule has 0 aliphatic heterocycles. The Kier molecular flexibility index (Phi) is 6.98. The standard InChI is InChI=1S/C21H25BrN2O2/c1-21(2,3)20(26)23-14-13-18(25)24-19(15-7-5-4-6-8-15)16-9-11-17(22)12-10-16/h4-12,19H,13-14H2,1-3H3,(H,23,26)(H,24,25). The van der Waals surface area contributed by atoms with E-state index in [1.165, 1.54) is 0 Å². The van der Waals surface area contributed by atoms with Crippen molar-refractivity contribution in [1.82, 2.24) is 10.6 Å². The average molecular weight is 417 g/mol. The highest BCUT2D eigenvalue weighted by Crippen LogP contribution is 2.23. The quantitative estimate of drug-likeness (QED) is 0.740. The molecule has 0 aliphatic carbocycles. The number of carbonyl (C=O) groups is 2. The van der Waals surface area contributed by atoms with Gasteiger partial charge in [-0.15, -0.1) is 0 Å². The summed E-state index contributed by atoms with van der Waals surface area (Å²) in [5.41, 5.74) is 1.56. The highest BCUT2D eigenvalue weighted by Gasteiger charge is 2.21. The molecule has 5 heteroatoms. The second kappa shape index (κ2) is 8.99.